The maximum atomic E-state index is 12.2. The van der Waals surface area contributed by atoms with Crippen molar-refractivity contribution in [2.24, 2.45) is 5.92 Å². The molecule has 1 unspecified atom stereocenters. The highest BCUT2D eigenvalue weighted by molar-refractivity contribution is 5.05. The van der Waals surface area contributed by atoms with Crippen LogP contribution in [0.5, 0.6) is 0 Å². The minimum atomic E-state index is -4.34. The van der Waals surface area contributed by atoms with Crippen molar-refractivity contribution < 1.29 is 17.9 Å². The van der Waals surface area contributed by atoms with Crippen LogP contribution in [-0.2, 0) is 17.3 Å². The predicted molar refractivity (Wildman–Crippen MR) is 46.2 cm³/mol. The summed E-state index contributed by atoms with van der Waals surface area (Å²) in [5.74, 6) is 0.676. The van der Waals surface area contributed by atoms with Crippen LogP contribution in [0.4, 0.5) is 13.2 Å². The summed E-state index contributed by atoms with van der Waals surface area (Å²) in [6.07, 6.45) is -2.08. The van der Waals surface area contributed by atoms with Crippen molar-refractivity contribution in [3.05, 3.63) is 17.7 Å². The molecule has 1 aliphatic heterocycles. The molecule has 1 fully saturated rings. The van der Waals surface area contributed by atoms with Crippen LogP contribution in [0.15, 0.2) is 6.20 Å². The number of nitrogens with one attached hydrogen (secondary N) is 1. The number of nitrogens with zero attached hydrogens (tertiary/aromatic N) is 1. The van der Waals surface area contributed by atoms with Gasteiger partial charge in [0.1, 0.15) is 11.5 Å². The second-order valence-electron chi connectivity index (χ2n) is 3.68. The van der Waals surface area contributed by atoms with Crippen LogP contribution >= 0.6 is 0 Å². The molecule has 6 heteroatoms. The number of hydrogen-bond donors (Lipinski definition) is 1. The molecular formula is C9H11F3N2O. The molecule has 0 saturated carbocycles. The van der Waals surface area contributed by atoms with Crippen molar-refractivity contribution in [3.8, 4) is 0 Å². The average molecular weight is 220 g/mol. The van der Waals surface area contributed by atoms with Crippen LogP contribution in [0, 0.1) is 5.92 Å². The first-order valence-electron chi connectivity index (χ1n) is 4.74. The summed E-state index contributed by atoms with van der Waals surface area (Å²) in [4.78, 5) is 6.00. The predicted octanol–water partition coefficient (Wildman–Crippen LogP) is 2.01. The van der Waals surface area contributed by atoms with Gasteiger partial charge in [-0.2, -0.15) is 13.2 Å². The molecule has 1 aromatic rings. The van der Waals surface area contributed by atoms with Crippen LogP contribution in [-0.4, -0.2) is 23.2 Å². The Morgan fingerprint density at radius 1 is 1.53 bits per heavy atom. The van der Waals surface area contributed by atoms with Gasteiger partial charge in [-0.05, 0) is 12.3 Å². The van der Waals surface area contributed by atoms with Gasteiger partial charge < -0.3 is 9.72 Å². The Morgan fingerprint density at radius 3 is 2.87 bits per heavy atom. The number of halogens is 3. The first-order chi connectivity index (χ1) is 7.05. The summed E-state index contributed by atoms with van der Waals surface area (Å²) in [7, 11) is 0. The summed E-state index contributed by atoms with van der Waals surface area (Å²) in [5, 5.41) is 0. The zero-order chi connectivity index (χ0) is 10.9. The Morgan fingerprint density at radius 2 is 2.33 bits per heavy atom. The first kappa shape index (κ1) is 10.5. The van der Waals surface area contributed by atoms with E-state index in [4.69, 9.17) is 4.74 Å². The second kappa shape index (κ2) is 3.84. The summed E-state index contributed by atoms with van der Waals surface area (Å²) in [6, 6.07) is 0. The van der Waals surface area contributed by atoms with Crippen molar-refractivity contribution in [3.63, 3.8) is 0 Å². The van der Waals surface area contributed by atoms with Crippen LogP contribution in [0.1, 0.15) is 17.9 Å². The number of aromatic amines is 1. The van der Waals surface area contributed by atoms with Crippen LogP contribution in [0.25, 0.3) is 0 Å². The maximum absolute atomic E-state index is 12.2. The third-order valence-electron chi connectivity index (χ3n) is 2.44. The van der Waals surface area contributed by atoms with E-state index in [0.717, 1.165) is 12.6 Å². The van der Waals surface area contributed by atoms with E-state index < -0.39 is 11.9 Å². The van der Waals surface area contributed by atoms with Crippen molar-refractivity contribution in [2.45, 2.75) is 19.0 Å². The number of aromatic nitrogens is 2. The van der Waals surface area contributed by atoms with Crippen LogP contribution in [0.3, 0.4) is 0 Å². The third-order valence-corrected chi connectivity index (χ3v) is 2.44. The van der Waals surface area contributed by atoms with Gasteiger partial charge in [0.15, 0.2) is 0 Å². The van der Waals surface area contributed by atoms with E-state index in [1.807, 2.05) is 0 Å². The molecule has 0 spiro atoms. The quantitative estimate of drug-likeness (QED) is 0.827. The molecule has 0 aromatic carbocycles. The Balaban J connectivity index is 2.00. The topological polar surface area (TPSA) is 37.9 Å². The van der Waals surface area contributed by atoms with E-state index in [2.05, 4.69) is 9.97 Å². The van der Waals surface area contributed by atoms with Gasteiger partial charge in [-0.1, -0.05) is 0 Å². The van der Waals surface area contributed by atoms with E-state index in [1.54, 1.807) is 0 Å². The normalized spacial score (nSPS) is 22.2. The Kier molecular flexibility index (Phi) is 2.68. The fourth-order valence-electron chi connectivity index (χ4n) is 1.63. The minimum absolute atomic E-state index is 0.289. The number of hydrogen-bond acceptors (Lipinski definition) is 2. The lowest BCUT2D eigenvalue weighted by molar-refractivity contribution is -0.140. The number of rotatable bonds is 2. The zero-order valence-electron chi connectivity index (χ0n) is 7.97. The van der Waals surface area contributed by atoms with E-state index in [9.17, 15) is 13.2 Å². The highest BCUT2D eigenvalue weighted by Gasteiger charge is 2.33. The number of H-pyrrole nitrogens is 1. The van der Waals surface area contributed by atoms with Gasteiger partial charge in [0.05, 0.1) is 6.20 Å². The minimum Gasteiger partial charge on any atom is -0.381 e. The number of imidazole rings is 1. The molecule has 84 valence electrons. The summed E-state index contributed by atoms with van der Waals surface area (Å²) < 4.78 is 41.8. The highest BCUT2D eigenvalue weighted by atomic mass is 19.4. The lowest BCUT2D eigenvalue weighted by Crippen LogP contribution is -2.07. The standard InChI is InChI=1S/C9H11F3N2O/c10-9(11,12)7-4-13-8(14-7)3-6-1-2-15-5-6/h4,6H,1-3,5H2,(H,13,14). The van der Waals surface area contributed by atoms with Gasteiger partial charge in [0.25, 0.3) is 0 Å². The lowest BCUT2D eigenvalue weighted by Gasteiger charge is -2.04. The Hall–Kier alpha value is -1.04. The van der Waals surface area contributed by atoms with Gasteiger partial charge >= 0.3 is 6.18 Å². The fourth-order valence-corrected chi connectivity index (χ4v) is 1.63. The van der Waals surface area contributed by atoms with Crippen LogP contribution in [0.2, 0.25) is 0 Å². The zero-order valence-corrected chi connectivity index (χ0v) is 7.97. The van der Waals surface area contributed by atoms with E-state index in [-0.39, 0.29) is 5.92 Å². The number of ether oxygens (including phenoxy) is 1. The van der Waals surface area contributed by atoms with Gasteiger partial charge in [0.2, 0.25) is 0 Å². The van der Waals surface area contributed by atoms with Gasteiger partial charge in [-0.25, -0.2) is 4.98 Å². The molecule has 2 heterocycles. The third kappa shape index (κ3) is 2.50. The molecular weight excluding hydrogens is 209 g/mol. The molecule has 0 amide bonds. The second-order valence-corrected chi connectivity index (χ2v) is 3.68. The molecule has 15 heavy (non-hydrogen) atoms. The van der Waals surface area contributed by atoms with Gasteiger partial charge in [0, 0.05) is 19.6 Å². The molecule has 0 bridgehead atoms. The fraction of sp³-hybridized carbons (Fsp3) is 0.667. The SMILES string of the molecule is FC(F)(F)c1cnc(CC2CCOC2)[nH]1. The number of alkyl halides is 3. The van der Waals surface area contributed by atoms with Crippen molar-refractivity contribution >= 4 is 0 Å². The van der Waals surface area contributed by atoms with E-state index in [0.29, 0.717) is 25.5 Å². The van der Waals surface area contributed by atoms with Crippen molar-refractivity contribution in [2.75, 3.05) is 13.2 Å². The molecule has 3 nitrogen and oxygen atoms in total. The highest BCUT2D eigenvalue weighted by Crippen LogP contribution is 2.28. The summed E-state index contributed by atoms with van der Waals surface area (Å²) in [5.41, 5.74) is -0.781. The molecule has 1 aliphatic rings. The lowest BCUT2D eigenvalue weighted by atomic mass is 10.1. The van der Waals surface area contributed by atoms with Crippen LogP contribution < -0.4 is 0 Å². The van der Waals surface area contributed by atoms with Gasteiger partial charge in [-0.15, -0.1) is 0 Å². The van der Waals surface area contributed by atoms with Crippen molar-refractivity contribution in [1.82, 2.24) is 9.97 Å². The average Bonchev–Trinajstić information content (AvgIpc) is 2.73. The molecule has 0 radical (unpaired) electrons. The Labute approximate surface area is 84.7 Å². The molecule has 1 atom stereocenters. The summed E-state index contributed by atoms with van der Waals surface area (Å²) in [6.45, 7) is 1.31. The molecule has 1 saturated heterocycles. The first-order valence-corrected chi connectivity index (χ1v) is 4.74. The monoisotopic (exact) mass is 220 g/mol. The van der Waals surface area contributed by atoms with Gasteiger partial charge in [-0.3, -0.25) is 0 Å². The van der Waals surface area contributed by atoms with E-state index in [1.165, 1.54) is 0 Å². The smallest absolute Gasteiger partial charge is 0.381 e. The molecule has 0 aliphatic carbocycles. The van der Waals surface area contributed by atoms with E-state index >= 15 is 0 Å². The Bertz CT molecular complexity index is 328. The summed E-state index contributed by atoms with van der Waals surface area (Å²) >= 11 is 0. The molecule has 1 aromatic heterocycles. The molecule has 1 N–H and O–H groups in total. The largest absolute Gasteiger partial charge is 0.432 e. The maximum Gasteiger partial charge on any atom is 0.432 e. The molecule has 2 rings (SSSR count). The van der Waals surface area contributed by atoms with Crippen molar-refractivity contribution in [1.29, 1.82) is 0 Å².